The van der Waals surface area contributed by atoms with Crippen LogP contribution in [0, 0.1) is 6.92 Å². The molecule has 2 heteroatoms. The van der Waals surface area contributed by atoms with Gasteiger partial charge in [0.2, 0.25) is 0 Å². The maximum Gasteiger partial charge on any atom is 0.0136 e. The molecule has 0 saturated heterocycles. The highest BCUT2D eigenvalue weighted by atomic mass is 32.2. The molecule has 1 atom stereocenters. The normalized spacial score (nSPS) is 19.7. The number of hydrogen-bond donors (Lipinski definition) is 1. The highest BCUT2D eigenvalue weighted by Gasteiger charge is 2.22. The quantitative estimate of drug-likeness (QED) is 0.824. The monoisotopic (exact) mass is 207 g/mol. The molecule has 0 aromatic heterocycles. The zero-order valence-electron chi connectivity index (χ0n) is 8.62. The maximum absolute atomic E-state index is 5.53. The lowest BCUT2D eigenvalue weighted by atomic mass is 10.0. The Kier molecular flexibility index (Phi) is 3.14. The van der Waals surface area contributed by atoms with E-state index in [1.54, 1.807) is 5.56 Å². The summed E-state index contributed by atoms with van der Waals surface area (Å²) in [5.41, 5.74) is 8.55. The van der Waals surface area contributed by atoms with Crippen LogP contribution in [0.25, 0.3) is 0 Å². The molecule has 0 saturated carbocycles. The standard InChI is InChI=1S/C12H17NS/c1-9-4-2-6-12-11(9)8-10(14-12)5-3-7-13/h2,4,6,10H,3,5,7-8,13H2,1H3. The molecular weight excluding hydrogens is 190 g/mol. The summed E-state index contributed by atoms with van der Waals surface area (Å²) in [6.07, 6.45) is 3.66. The van der Waals surface area contributed by atoms with Crippen molar-refractivity contribution in [2.75, 3.05) is 6.54 Å². The second-order valence-corrected chi connectivity index (χ2v) is 5.27. The first-order chi connectivity index (χ1) is 6.81. The minimum Gasteiger partial charge on any atom is -0.330 e. The van der Waals surface area contributed by atoms with Crippen molar-refractivity contribution in [1.82, 2.24) is 0 Å². The average Bonchev–Trinajstić information content (AvgIpc) is 2.59. The first-order valence-electron chi connectivity index (χ1n) is 5.26. The molecule has 1 aliphatic heterocycles. The van der Waals surface area contributed by atoms with Crippen LogP contribution in [-0.2, 0) is 6.42 Å². The van der Waals surface area contributed by atoms with Gasteiger partial charge in [0.15, 0.2) is 0 Å². The Balaban J connectivity index is 2.06. The van der Waals surface area contributed by atoms with Crippen LogP contribution in [0.5, 0.6) is 0 Å². The lowest BCUT2D eigenvalue weighted by Gasteiger charge is -2.05. The summed E-state index contributed by atoms with van der Waals surface area (Å²) in [5, 5.41) is 0.773. The van der Waals surface area contributed by atoms with Crippen LogP contribution in [0.3, 0.4) is 0 Å². The van der Waals surface area contributed by atoms with Crippen LogP contribution in [0.15, 0.2) is 23.1 Å². The Hall–Kier alpha value is -0.470. The molecule has 1 heterocycles. The van der Waals surface area contributed by atoms with E-state index in [1.165, 1.54) is 23.3 Å². The number of aryl methyl sites for hydroxylation is 1. The molecule has 0 aliphatic carbocycles. The molecule has 1 aliphatic rings. The first-order valence-corrected chi connectivity index (χ1v) is 6.14. The Morgan fingerprint density at radius 3 is 3.07 bits per heavy atom. The summed E-state index contributed by atoms with van der Waals surface area (Å²) in [4.78, 5) is 1.49. The van der Waals surface area contributed by atoms with E-state index in [2.05, 4.69) is 25.1 Å². The molecule has 1 unspecified atom stereocenters. The molecule has 2 N–H and O–H groups in total. The molecule has 0 spiro atoms. The lowest BCUT2D eigenvalue weighted by Crippen LogP contribution is -2.06. The predicted molar refractivity (Wildman–Crippen MR) is 62.8 cm³/mol. The van der Waals surface area contributed by atoms with Crippen molar-refractivity contribution in [3.05, 3.63) is 29.3 Å². The van der Waals surface area contributed by atoms with Gasteiger partial charge >= 0.3 is 0 Å². The van der Waals surface area contributed by atoms with Crippen LogP contribution in [0.2, 0.25) is 0 Å². The van der Waals surface area contributed by atoms with Crippen molar-refractivity contribution in [2.45, 2.75) is 36.3 Å². The molecule has 1 aromatic rings. The third kappa shape index (κ3) is 1.96. The van der Waals surface area contributed by atoms with Crippen molar-refractivity contribution >= 4 is 11.8 Å². The zero-order valence-corrected chi connectivity index (χ0v) is 9.44. The second-order valence-electron chi connectivity index (χ2n) is 3.93. The van der Waals surface area contributed by atoms with Crippen molar-refractivity contribution < 1.29 is 0 Å². The van der Waals surface area contributed by atoms with Gasteiger partial charge < -0.3 is 5.73 Å². The number of nitrogens with two attached hydrogens (primary N) is 1. The Morgan fingerprint density at radius 1 is 1.50 bits per heavy atom. The van der Waals surface area contributed by atoms with E-state index < -0.39 is 0 Å². The van der Waals surface area contributed by atoms with Crippen LogP contribution >= 0.6 is 11.8 Å². The van der Waals surface area contributed by atoms with E-state index in [0.29, 0.717) is 0 Å². The SMILES string of the molecule is Cc1cccc2c1CC(CCCN)S2. The number of fused-ring (bicyclic) bond motifs is 1. The summed E-state index contributed by atoms with van der Waals surface area (Å²) in [5.74, 6) is 0. The molecule has 0 fully saturated rings. The fourth-order valence-electron chi connectivity index (χ4n) is 2.00. The van der Waals surface area contributed by atoms with Crippen molar-refractivity contribution in [3.63, 3.8) is 0 Å². The van der Waals surface area contributed by atoms with E-state index >= 15 is 0 Å². The largest absolute Gasteiger partial charge is 0.330 e. The van der Waals surface area contributed by atoms with Crippen LogP contribution in [0.4, 0.5) is 0 Å². The Labute approximate surface area is 90.1 Å². The molecule has 2 rings (SSSR count). The summed E-state index contributed by atoms with van der Waals surface area (Å²) < 4.78 is 0. The Morgan fingerprint density at radius 2 is 2.36 bits per heavy atom. The van der Waals surface area contributed by atoms with Gasteiger partial charge in [-0.3, -0.25) is 0 Å². The smallest absolute Gasteiger partial charge is 0.0136 e. The van der Waals surface area contributed by atoms with E-state index in [9.17, 15) is 0 Å². The summed E-state index contributed by atoms with van der Waals surface area (Å²) in [6.45, 7) is 3.04. The fraction of sp³-hybridized carbons (Fsp3) is 0.500. The van der Waals surface area contributed by atoms with E-state index in [4.69, 9.17) is 5.73 Å². The highest BCUT2D eigenvalue weighted by molar-refractivity contribution is 8.00. The molecule has 14 heavy (non-hydrogen) atoms. The number of benzene rings is 1. The highest BCUT2D eigenvalue weighted by Crippen LogP contribution is 2.40. The van der Waals surface area contributed by atoms with E-state index in [0.717, 1.165) is 18.2 Å². The van der Waals surface area contributed by atoms with Gasteiger partial charge in [-0.25, -0.2) is 0 Å². The molecule has 1 aromatic carbocycles. The van der Waals surface area contributed by atoms with Gasteiger partial charge in [-0.2, -0.15) is 0 Å². The number of rotatable bonds is 3. The number of hydrogen-bond acceptors (Lipinski definition) is 2. The van der Waals surface area contributed by atoms with Gasteiger partial charge in [-0.1, -0.05) is 12.1 Å². The Bertz CT molecular complexity index is 322. The minimum absolute atomic E-state index is 0.773. The van der Waals surface area contributed by atoms with E-state index in [-0.39, 0.29) is 0 Å². The maximum atomic E-state index is 5.53. The third-order valence-corrected chi connectivity index (χ3v) is 4.20. The fourth-order valence-corrected chi connectivity index (χ4v) is 3.44. The molecule has 1 nitrogen and oxygen atoms in total. The van der Waals surface area contributed by atoms with Gasteiger partial charge in [-0.05, 0) is 49.9 Å². The molecule has 0 radical (unpaired) electrons. The molecule has 0 amide bonds. The van der Waals surface area contributed by atoms with Gasteiger partial charge in [0.25, 0.3) is 0 Å². The van der Waals surface area contributed by atoms with Gasteiger partial charge in [0, 0.05) is 10.1 Å². The van der Waals surface area contributed by atoms with E-state index in [1.807, 2.05) is 11.8 Å². The van der Waals surface area contributed by atoms with Crippen molar-refractivity contribution in [2.24, 2.45) is 5.73 Å². The second kappa shape index (κ2) is 4.37. The lowest BCUT2D eigenvalue weighted by molar-refractivity contribution is 0.707. The van der Waals surface area contributed by atoms with Crippen molar-refractivity contribution in [3.8, 4) is 0 Å². The summed E-state index contributed by atoms with van der Waals surface area (Å²) >= 11 is 2.03. The zero-order chi connectivity index (χ0) is 9.97. The van der Waals surface area contributed by atoms with Crippen molar-refractivity contribution in [1.29, 1.82) is 0 Å². The predicted octanol–water partition coefficient (Wildman–Crippen LogP) is 2.75. The van der Waals surface area contributed by atoms with Gasteiger partial charge in [0.05, 0.1) is 0 Å². The molecule has 76 valence electrons. The average molecular weight is 207 g/mol. The van der Waals surface area contributed by atoms with Crippen LogP contribution in [-0.4, -0.2) is 11.8 Å². The summed E-state index contributed by atoms with van der Waals surface area (Å²) in [7, 11) is 0. The molecular formula is C12H17NS. The van der Waals surface area contributed by atoms with Gasteiger partial charge in [-0.15, -0.1) is 11.8 Å². The van der Waals surface area contributed by atoms with Gasteiger partial charge in [0.1, 0.15) is 0 Å². The van der Waals surface area contributed by atoms with Crippen LogP contribution < -0.4 is 5.73 Å². The summed E-state index contributed by atoms with van der Waals surface area (Å²) in [6, 6.07) is 6.62. The topological polar surface area (TPSA) is 26.0 Å². The van der Waals surface area contributed by atoms with Crippen LogP contribution in [0.1, 0.15) is 24.0 Å². The first kappa shape index (κ1) is 10.1. The third-order valence-electron chi connectivity index (χ3n) is 2.82. The minimum atomic E-state index is 0.773. The number of thioether (sulfide) groups is 1. The molecule has 0 bridgehead atoms.